The van der Waals surface area contributed by atoms with Crippen LogP contribution in [0.25, 0.3) is 0 Å². The van der Waals surface area contributed by atoms with E-state index in [-0.39, 0.29) is 24.5 Å². The van der Waals surface area contributed by atoms with E-state index >= 15 is 0 Å². The van der Waals surface area contributed by atoms with Gasteiger partial charge in [-0.1, -0.05) is 184 Å². The van der Waals surface area contributed by atoms with Crippen LogP contribution in [0.3, 0.4) is 0 Å². The summed E-state index contributed by atoms with van der Waals surface area (Å²) < 4.78 is 6.03. The number of nitrogens with one attached hydrogen (secondary N) is 1. The molecule has 0 bridgehead atoms. The van der Waals surface area contributed by atoms with Gasteiger partial charge in [0.2, 0.25) is 5.91 Å². The van der Waals surface area contributed by atoms with Crippen LogP contribution in [0.1, 0.15) is 226 Å². The molecule has 0 aromatic rings. The Morgan fingerprint density at radius 1 is 0.500 bits per heavy atom. The largest absolute Gasteiger partial charge is 0.480 e. The van der Waals surface area contributed by atoms with Crippen molar-refractivity contribution >= 4 is 17.8 Å². The zero-order valence-electron chi connectivity index (χ0n) is 35.3. The number of amides is 1. The molecule has 0 aromatic carbocycles. The molecule has 2 N–H and O–H groups in total. The number of aliphatic carboxylic acids is 1. The van der Waals surface area contributed by atoms with Crippen molar-refractivity contribution < 1.29 is 24.2 Å². The third-order valence-corrected chi connectivity index (χ3v) is 10.0. The van der Waals surface area contributed by atoms with Crippen LogP contribution in [0.4, 0.5) is 0 Å². The molecule has 0 aliphatic rings. The number of carbonyl (C=O) groups excluding carboxylic acids is 2. The summed E-state index contributed by atoms with van der Waals surface area (Å²) in [4.78, 5) is 35.0. The lowest BCUT2D eigenvalue weighted by Gasteiger charge is -2.18. The van der Waals surface area contributed by atoms with Crippen molar-refractivity contribution in [2.24, 2.45) is 0 Å². The number of unbranched alkanes of at least 4 members (excludes halogenated alkanes) is 22. The van der Waals surface area contributed by atoms with E-state index in [4.69, 9.17) is 9.84 Å². The molecule has 0 aromatic heterocycles. The Labute approximate surface area is 333 Å². The predicted molar refractivity (Wildman–Crippen MR) is 231 cm³/mol. The highest BCUT2D eigenvalue weighted by Crippen LogP contribution is 2.19. The van der Waals surface area contributed by atoms with E-state index in [1.165, 1.54) is 109 Å². The fourth-order valence-electron chi connectivity index (χ4n) is 6.68. The Bertz CT molecular complexity index is 968. The Morgan fingerprint density at radius 2 is 0.907 bits per heavy atom. The summed E-state index contributed by atoms with van der Waals surface area (Å²) in [6, 6.07) is 0. The second kappa shape index (κ2) is 43.1. The molecule has 0 aliphatic heterocycles. The van der Waals surface area contributed by atoms with Crippen LogP contribution in [-0.4, -0.2) is 35.6 Å². The highest BCUT2D eigenvalue weighted by Gasteiger charge is 2.14. The molecule has 6 heteroatoms. The molecule has 6 nitrogen and oxygen atoms in total. The monoisotopic (exact) mass is 756 g/mol. The van der Waals surface area contributed by atoms with Crippen molar-refractivity contribution in [2.45, 2.75) is 232 Å². The van der Waals surface area contributed by atoms with Crippen molar-refractivity contribution in [3.8, 4) is 0 Å². The average molecular weight is 756 g/mol. The second-order valence-electron chi connectivity index (χ2n) is 15.3. The number of hydrogen-bond acceptors (Lipinski definition) is 4. The minimum atomic E-state index is -1.02. The fraction of sp³-hybridized carbons (Fsp3) is 0.771. The summed E-state index contributed by atoms with van der Waals surface area (Å²) in [5.74, 6) is -1.23. The zero-order chi connectivity index (χ0) is 39.4. The Morgan fingerprint density at radius 3 is 1.39 bits per heavy atom. The van der Waals surface area contributed by atoms with Crippen LogP contribution in [0.2, 0.25) is 0 Å². The summed E-state index contributed by atoms with van der Waals surface area (Å²) >= 11 is 0. The van der Waals surface area contributed by atoms with Crippen molar-refractivity contribution in [1.82, 2.24) is 5.32 Å². The van der Waals surface area contributed by atoms with Gasteiger partial charge in [-0.05, 0) is 77.0 Å². The number of hydrogen-bond donors (Lipinski definition) is 2. The summed E-state index contributed by atoms with van der Waals surface area (Å²) in [6.07, 6.45) is 55.3. The maximum Gasteiger partial charge on any atom is 0.322 e. The summed E-state index contributed by atoms with van der Waals surface area (Å²) in [5, 5.41) is 11.1. The van der Waals surface area contributed by atoms with Crippen molar-refractivity contribution in [2.75, 3.05) is 6.54 Å². The summed E-state index contributed by atoms with van der Waals surface area (Å²) in [5.41, 5.74) is 0. The van der Waals surface area contributed by atoms with Crippen LogP contribution >= 0.6 is 0 Å². The standard InChI is InChI=1S/C48H85NO5/c1-3-5-7-9-11-13-14-15-16-17-18-19-20-21-22-23-24-25-26-28-30-35-39-43-48(53)54-45(40-36-32-29-27-12-10-8-6-4-2)41-37-33-31-34-38-42-46(50)49-44-47(51)52/h5,7,11,13,15-16,18-19,45H,3-4,6,8-10,12,14,17,20-44H2,1-2H3,(H,49,50)(H,51,52)/b7-5-,13-11-,16-15-,19-18-. The van der Waals surface area contributed by atoms with Gasteiger partial charge in [0.05, 0.1) is 0 Å². The molecule has 54 heavy (non-hydrogen) atoms. The molecule has 0 aliphatic carbocycles. The minimum Gasteiger partial charge on any atom is -0.480 e. The molecule has 312 valence electrons. The van der Waals surface area contributed by atoms with Gasteiger partial charge in [-0.25, -0.2) is 0 Å². The van der Waals surface area contributed by atoms with E-state index in [1.807, 2.05) is 0 Å². The van der Waals surface area contributed by atoms with Gasteiger partial charge >= 0.3 is 11.9 Å². The fourth-order valence-corrected chi connectivity index (χ4v) is 6.68. The molecule has 1 unspecified atom stereocenters. The number of esters is 1. The topological polar surface area (TPSA) is 92.7 Å². The molecule has 0 spiro atoms. The lowest BCUT2D eigenvalue weighted by molar-refractivity contribution is -0.150. The molecular weight excluding hydrogens is 671 g/mol. The van der Waals surface area contributed by atoms with Crippen LogP contribution in [0.5, 0.6) is 0 Å². The van der Waals surface area contributed by atoms with Gasteiger partial charge < -0.3 is 15.2 Å². The van der Waals surface area contributed by atoms with E-state index in [1.54, 1.807) is 0 Å². The number of carbonyl (C=O) groups is 3. The Hall–Kier alpha value is -2.63. The molecule has 0 saturated heterocycles. The zero-order valence-corrected chi connectivity index (χ0v) is 35.3. The van der Waals surface area contributed by atoms with Crippen LogP contribution in [-0.2, 0) is 19.1 Å². The third kappa shape index (κ3) is 42.1. The van der Waals surface area contributed by atoms with Crippen molar-refractivity contribution in [1.29, 1.82) is 0 Å². The number of ether oxygens (including phenoxy) is 1. The van der Waals surface area contributed by atoms with Crippen molar-refractivity contribution in [3.05, 3.63) is 48.6 Å². The SMILES string of the molecule is CC/C=C\C/C=C\C/C=C\C/C=C\CCCCCCCCCCCCC(=O)OC(CCCCCCCCCCC)CCCCCCCC(=O)NCC(=O)O. The van der Waals surface area contributed by atoms with Gasteiger partial charge in [0, 0.05) is 12.8 Å². The molecule has 0 heterocycles. The molecule has 0 saturated carbocycles. The van der Waals surface area contributed by atoms with E-state index in [2.05, 4.69) is 67.8 Å². The van der Waals surface area contributed by atoms with E-state index < -0.39 is 5.97 Å². The number of allylic oxidation sites excluding steroid dienone is 8. The smallest absolute Gasteiger partial charge is 0.322 e. The van der Waals surface area contributed by atoms with Gasteiger partial charge in [-0.2, -0.15) is 0 Å². The van der Waals surface area contributed by atoms with Crippen molar-refractivity contribution in [3.63, 3.8) is 0 Å². The predicted octanol–water partition coefficient (Wildman–Crippen LogP) is 14.2. The quantitative estimate of drug-likeness (QED) is 0.0368. The van der Waals surface area contributed by atoms with Crippen LogP contribution < -0.4 is 5.32 Å². The molecule has 0 rings (SSSR count). The van der Waals surface area contributed by atoms with Gasteiger partial charge in [0.25, 0.3) is 0 Å². The summed E-state index contributed by atoms with van der Waals surface area (Å²) in [7, 11) is 0. The normalized spacial score (nSPS) is 12.5. The van der Waals surface area contributed by atoms with Crippen LogP contribution in [0.15, 0.2) is 48.6 Å². The molecule has 1 atom stereocenters. The second-order valence-corrected chi connectivity index (χ2v) is 15.3. The first-order chi connectivity index (χ1) is 26.5. The maximum absolute atomic E-state index is 12.8. The van der Waals surface area contributed by atoms with Gasteiger partial charge in [0.15, 0.2) is 0 Å². The summed E-state index contributed by atoms with van der Waals surface area (Å²) in [6.45, 7) is 4.11. The van der Waals surface area contributed by atoms with Gasteiger partial charge in [-0.3, -0.25) is 14.4 Å². The van der Waals surface area contributed by atoms with E-state index in [0.717, 1.165) is 89.9 Å². The lowest BCUT2D eigenvalue weighted by atomic mass is 10.0. The highest BCUT2D eigenvalue weighted by molar-refractivity contribution is 5.80. The Kier molecular flexibility index (Phi) is 41.0. The first kappa shape index (κ1) is 51.4. The number of carboxylic acids is 1. The molecule has 0 fully saturated rings. The van der Waals surface area contributed by atoms with E-state index in [0.29, 0.717) is 12.8 Å². The van der Waals surface area contributed by atoms with Gasteiger partial charge in [0.1, 0.15) is 12.6 Å². The van der Waals surface area contributed by atoms with Crippen LogP contribution in [0, 0.1) is 0 Å². The highest BCUT2D eigenvalue weighted by atomic mass is 16.5. The average Bonchev–Trinajstić information content (AvgIpc) is 3.16. The number of carboxylic acid groups (broad SMARTS) is 1. The minimum absolute atomic E-state index is 0.0198. The molecule has 1 amide bonds. The first-order valence-corrected chi connectivity index (χ1v) is 22.8. The number of rotatable bonds is 41. The van der Waals surface area contributed by atoms with Gasteiger partial charge in [-0.15, -0.1) is 0 Å². The first-order valence-electron chi connectivity index (χ1n) is 22.8. The third-order valence-electron chi connectivity index (χ3n) is 10.0. The molecular formula is C48H85NO5. The maximum atomic E-state index is 12.8. The Balaban J connectivity index is 3.99. The lowest BCUT2D eigenvalue weighted by Crippen LogP contribution is -2.28. The van der Waals surface area contributed by atoms with E-state index in [9.17, 15) is 14.4 Å². The molecule has 0 radical (unpaired) electrons.